The van der Waals surface area contributed by atoms with E-state index in [-0.39, 0.29) is 5.82 Å². The monoisotopic (exact) mass is 304 g/mol. The highest BCUT2D eigenvalue weighted by atomic mass is 19.1. The van der Waals surface area contributed by atoms with Gasteiger partial charge in [0, 0.05) is 25.6 Å². The smallest absolute Gasteiger partial charge is 0.148 e. The summed E-state index contributed by atoms with van der Waals surface area (Å²) in [6.45, 7) is 7.38. The molecule has 1 aliphatic heterocycles. The molecule has 1 unspecified atom stereocenters. The molecule has 1 fully saturated rings. The first-order valence-electron chi connectivity index (χ1n) is 7.64. The molecular weight excluding hydrogens is 283 g/mol. The standard InChI is InChI=1S/C16H21FN4O/c1-12(20-7-9-22-10-8-20)11-16-18-13(2)19-21(16)15-6-4-3-5-14(15)17/h3-6,12H,7-11H2,1-2H3. The predicted octanol–water partition coefficient (Wildman–Crippen LogP) is 1.98. The topological polar surface area (TPSA) is 43.2 Å². The SMILES string of the molecule is Cc1nc(CC(C)N2CCOCC2)n(-c2ccccc2F)n1. The molecule has 2 heterocycles. The van der Waals surface area contributed by atoms with Crippen LogP contribution in [0, 0.1) is 12.7 Å². The molecule has 1 aliphatic rings. The van der Waals surface area contributed by atoms with Crippen molar-refractivity contribution >= 4 is 0 Å². The molecular formula is C16H21FN4O. The van der Waals surface area contributed by atoms with Crippen molar-refractivity contribution in [1.29, 1.82) is 0 Å². The third-order valence-corrected chi connectivity index (χ3v) is 4.01. The van der Waals surface area contributed by atoms with Crippen molar-refractivity contribution in [1.82, 2.24) is 19.7 Å². The van der Waals surface area contributed by atoms with Gasteiger partial charge in [-0.1, -0.05) is 12.1 Å². The van der Waals surface area contributed by atoms with Gasteiger partial charge in [-0.3, -0.25) is 4.90 Å². The fourth-order valence-corrected chi connectivity index (χ4v) is 2.82. The molecule has 0 bridgehead atoms. The quantitative estimate of drug-likeness (QED) is 0.866. The molecule has 22 heavy (non-hydrogen) atoms. The third-order valence-electron chi connectivity index (χ3n) is 4.01. The van der Waals surface area contributed by atoms with Crippen molar-refractivity contribution in [2.24, 2.45) is 0 Å². The highest BCUT2D eigenvalue weighted by Crippen LogP contribution is 2.16. The van der Waals surface area contributed by atoms with Crippen LogP contribution in [-0.4, -0.2) is 52.0 Å². The predicted molar refractivity (Wildman–Crippen MR) is 81.6 cm³/mol. The summed E-state index contributed by atoms with van der Waals surface area (Å²) >= 11 is 0. The maximum absolute atomic E-state index is 14.0. The number of nitrogens with zero attached hydrogens (tertiary/aromatic N) is 4. The zero-order valence-corrected chi connectivity index (χ0v) is 13.0. The van der Waals surface area contributed by atoms with E-state index in [1.165, 1.54) is 6.07 Å². The highest BCUT2D eigenvalue weighted by Gasteiger charge is 2.21. The fraction of sp³-hybridized carbons (Fsp3) is 0.500. The van der Waals surface area contributed by atoms with Crippen LogP contribution >= 0.6 is 0 Å². The summed E-state index contributed by atoms with van der Waals surface area (Å²) in [5.74, 6) is 1.17. The number of ether oxygens (including phenoxy) is 1. The summed E-state index contributed by atoms with van der Waals surface area (Å²) in [4.78, 5) is 6.86. The molecule has 1 aromatic carbocycles. The molecule has 0 N–H and O–H groups in total. The van der Waals surface area contributed by atoms with Crippen LogP contribution in [0.25, 0.3) is 5.69 Å². The van der Waals surface area contributed by atoms with Crippen molar-refractivity contribution in [3.05, 3.63) is 41.7 Å². The van der Waals surface area contributed by atoms with Gasteiger partial charge in [0.05, 0.1) is 13.2 Å². The van der Waals surface area contributed by atoms with E-state index in [0.717, 1.165) is 38.5 Å². The molecule has 5 nitrogen and oxygen atoms in total. The summed E-state index contributed by atoms with van der Waals surface area (Å²) in [6, 6.07) is 6.98. The van der Waals surface area contributed by atoms with Crippen LogP contribution in [0.5, 0.6) is 0 Å². The molecule has 118 valence electrons. The second-order valence-corrected chi connectivity index (χ2v) is 5.64. The van der Waals surface area contributed by atoms with E-state index >= 15 is 0 Å². The van der Waals surface area contributed by atoms with Gasteiger partial charge >= 0.3 is 0 Å². The number of hydrogen-bond donors (Lipinski definition) is 0. The Morgan fingerprint density at radius 1 is 1.27 bits per heavy atom. The number of benzene rings is 1. The van der Waals surface area contributed by atoms with Gasteiger partial charge < -0.3 is 4.74 Å². The van der Waals surface area contributed by atoms with Crippen molar-refractivity contribution in [3.63, 3.8) is 0 Å². The molecule has 3 rings (SSSR count). The number of aryl methyl sites for hydroxylation is 1. The van der Waals surface area contributed by atoms with E-state index in [9.17, 15) is 4.39 Å². The van der Waals surface area contributed by atoms with Crippen LogP contribution in [0.3, 0.4) is 0 Å². The van der Waals surface area contributed by atoms with E-state index in [2.05, 4.69) is 21.9 Å². The number of rotatable bonds is 4. The number of aromatic nitrogens is 3. The van der Waals surface area contributed by atoms with Crippen molar-refractivity contribution in [2.45, 2.75) is 26.3 Å². The highest BCUT2D eigenvalue weighted by molar-refractivity contribution is 5.33. The molecule has 0 aliphatic carbocycles. The minimum absolute atomic E-state index is 0.285. The molecule has 1 aromatic heterocycles. The lowest BCUT2D eigenvalue weighted by Crippen LogP contribution is -2.43. The fourth-order valence-electron chi connectivity index (χ4n) is 2.82. The number of para-hydroxylation sites is 1. The number of halogens is 1. The third kappa shape index (κ3) is 3.18. The zero-order chi connectivity index (χ0) is 15.5. The lowest BCUT2D eigenvalue weighted by atomic mass is 10.1. The Hall–Kier alpha value is -1.79. The minimum atomic E-state index is -0.285. The Labute approximate surface area is 129 Å². The van der Waals surface area contributed by atoms with Gasteiger partial charge in [-0.25, -0.2) is 14.1 Å². The van der Waals surface area contributed by atoms with Gasteiger partial charge in [-0.05, 0) is 26.0 Å². The second kappa shape index (κ2) is 6.54. The zero-order valence-electron chi connectivity index (χ0n) is 13.0. The Kier molecular flexibility index (Phi) is 4.49. The first kappa shape index (κ1) is 15.1. The molecule has 0 spiro atoms. The van der Waals surface area contributed by atoms with Gasteiger partial charge in [-0.15, -0.1) is 0 Å². The van der Waals surface area contributed by atoms with Gasteiger partial charge in [0.1, 0.15) is 23.2 Å². The summed E-state index contributed by atoms with van der Waals surface area (Å²) in [5, 5.41) is 4.36. The van der Waals surface area contributed by atoms with Crippen molar-refractivity contribution in [3.8, 4) is 5.69 Å². The summed E-state index contributed by atoms with van der Waals surface area (Å²) in [6.07, 6.45) is 0.731. The van der Waals surface area contributed by atoms with E-state index in [4.69, 9.17) is 4.74 Å². The average Bonchev–Trinajstić information content (AvgIpc) is 2.89. The Morgan fingerprint density at radius 3 is 2.73 bits per heavy atom. The average molecular weight is 304 g/mol. The molecule has 2 aromatic rings. The lowest BCUT2D eigenvalue weighted by molar-refractivity contribution is 0.0199. The van der Waals surface area contributed by atoms with Gasteiger partial charge in [0.2, 0.25) is 0 Å². The molecule has 0 saturated carbocycles. The summed E-state index contributed by atoms with van der Waals surface area (Å²) < 4.78 is 21.1. The van der Waals surface area contributed by atoms with Crippen LogP contribution in [0.2, 0.25) is 0 Å². The maximum atomic E-state index is 14.0. The van der Waals surface area contributed by atoms with Gasteiger partial charge in [-0.2, -0.15) is 5.10 Å². The van der Waals surface area contributed by atoms with Gasteiger partial charge in [0.15, 0.2) is 0 Å². The Morgan fingerprint density at radius 2 is 2.00 bits per heavy atom. The van der Waals surface area contributed by atoms with Crippen LogP contribution in [0.1, 0.15) is 18.6 Å². The number of morpholine rings is 1. The van der Waals surface area contributed by atoms with Crippen molar-refractivity contribution in [2.75, 3.05) is 26.3 Å². The lowest BCUT2D eigenvalue weighted by Gasteiger charge is -2.32. The molecule has 0 radical (unpaired) electrons. The molecule has 1 saturated heterocycles. The normalized spacial score (nSPS) is 17.6. The van der Waals surface area contributed by atoms with Crippen LogP contribution in [-0.2, 0) is 11.2 Å². The molecule has 6 heteroatoms. The Balaban J connectivity index is 1.83. The summed E-state index contributed by atoms with van der Waals surface area (Å²) in [7, 11) is 0. The molecule has 0 amide bonds. The first-order valence-corrected chi connectivity index (χ1v) is 7.64. The minimum Gasteiger partial charge on any atom is -0.379 e. The van der Waals surface area contributed by atoms with Crippen molar-refractivity contribution < 1.29 is 9.13 Å². The van der Waals surface area contributed by atoms with Crippen LogP contribution in [0.15, 0.2) is 24.3 Å². The van der Waals surface area contributed by atoms with E-state index in [1.54, 1.807) is 16.8 Å². The second-order valence-electron chi connectivity index (χ2n) is 5.64. The van der Waals surface area contributed by atoms with E-state index in [1.807, 2.05) is 13.0 Å². The van der Waals surface area contributed by atoms with Gasteiger partial charge in [0.25, 0.3) is 0 Å². The van der Waals surface area contributed by atoms with E-state index < -0.39 is 0 Å². The van der Waals surface area contributed by atoms with E-state index in [0.29, 0.717) is 17.6 Å². The van der Waals surface area contributed by atoms with Crippen LogP contribution in [0.4, 0.5) is 4.39 Å². The Bertz CT molecular complexity index is 637. The largest absolute Gasteiger partial charge is 0.379 e. The molecule has 1 atom stereocenters. The maximum Gasteiger partial charge on any atom is 0.148 e. The number of hydrogen-bond acceptors (Lipinski definition) is 4. The first-order chi connectivity index (χ1) is 10.6. The van der Waals surface area contributed by atoms with Crippen LogP contribution < -0.4 is 0 Å². The summed E-state index contributed by atoms with van der Waals surface area (Å²) in [5.41, 5.74) is 0.451.